The van der Waals surface area contributed by atoms with Crippen LogP contribution in [0.3, 0.4) is 0 Å². The molecule has 1 aliphatic carbocycles. The van der Waals surface area contributed by atoms with Gasteiger partial charge < -0.3 is 5.32 Å². The maximum atomic E-state index is 6.28. The highest BCUT2D eigenvalue weighted by atomic mass is 35.5. The summed E-state index contributed by atoms with van der Waals surface area (Å²) in [5, 5.41) is 4.55. The number of aryl methyl sites for hydroxylation is 1. The summed E-state index contributed by atoms with van der Waals surface area (Å²) in [7, 11) is 0. The summed E-state index contributed by atoms with van der Waals surface area (Å²) in [4.78, 5) is 0. The van der Waals surface area contributed by atoms with E-state index < -0.39 is 0 Å². The second kappa shape index (κ2) is 6.42. The number of hydrogen-bond donors (Lipinski definition) is 1. The minimum atomic E-state index is 0.726. The molecule has 0 bridgehead atoms. The maximum Gasteiger partial charge on any atom is 0.0441 e. The zero-order valence-electron chi connectivity index (χ0n) is 10.6. The number of hydrogen-bond acceptors (Lipinski definition) is 1. The van der Waals surface area contributed by atoms with E-state index in [1.54, 1.807) is 0 Å². The summed E-state index contributed by atoms with van der Waals surface area (Å²) in [5.74, 6) is 0. The highest BCUT2D eigenvalue weighted by molar-refractivity contribution is 6.31. The van der Waals surface area contributed by atoms with Crippen molar-refractivity contribution in [3.8, 4) is 0 Å². The molecule has 0 saturated heterocycles. The molecule has 1 aromatic carbocycles. The van der Waals surface area contributed by atoms with Crippen LogP contribution in [-0.2, 0) is 13.0 Å². The first-order valence-electron chi connectivity index (χ1n) is 6.80. The highest BCUT2D eigenvalue weighted by Crippen LogP contribution is 2.21. The van der Waals surface area contributed by atoms with Gasteiger partial charge in [-0.15, -0.1) is 0 Å². The van der Waals surface area contributed by atoms with Gasteiger partial charge >= 0.3 is 0 Å². The fraction of sp³-hybridized carbons (Fsp3) is 0.600. The fourth-order valence-corrected chi connectivity index (χ4v) is 2.86. The number of benzene rings is 1. The lowest BCUT2D eigenvalue weighted by Gasteiger charge is -2.12. The number of nitrogens with one attached hydrogen (secondary N) is 1. The van der Waals surface area contributed by atoms with Crippen LogP contribution in [0.5, 0.6) is 0 Å². The molecule has 0 aromatic heterocycles. The Bertz CT molecular complexity index is 356. The number of rotatable bonds is 5. The average molecular weight is 252 g/mol. The van der Waals surface area contributed by atoms with Crippen LogP contribution in [0.25, 0.3) is 0 Å². The van der Waals surface area contributed by atoms with Crippen molar-refractivity contribution in [3.63, 3.8) is 0 Å². The molecule has 94 valence electrons. The van der Waals surface area contributed by atoms with Crippen molar-refractivity contribution in [1.82, 2.24) is 5.32 Å². The molecule has 1 saturated carbocycles. The smallest absolute Gasteiger partial charge is 0.0441 e. The lowest BCUT2D eigenvalue weighted by atomic mass is 10.1. The van der Waals surface area contributed by atoms with E-state index in [2.05, 4.69) is 30.4 Å². The van der Waals surface area contributed by atoms with Crippen molar-refractivity contribution >= 4 is 11.6 Å². The monoisotopic (exact) mass is 251 g/mol. The summed E-state index contributed by atoms with van der Waals surface area (Å²) < 4.78 is 0. The quantitative estimate of drug-likeness (QED) is 0.822. The molecule has 17 heavy (non-hydrogen) atoms. The lowest BCUT2D eigenvalue weighted by Crippen LogP contribution is -2.25. The molecule has 0 radical (unpaired) electrons. The second-order valence-corrected chi connectivity index (χ2v) is 5.45. The zero-order valence-corrected chi connectivity index (χ0v) is 11.4. The first-order chi connectivity index (χ1) is 8.29. The Labute approximate surface area is 110 Å². The largest absolute Gasteiger partial charge is 0.310 e. The van der Waals surface area contributed by atoms with Crippen LogP contribution in [0, 0.1) is 0 Å². The molecule has 1 aliphatic rings. The molecule has 2 rings (SSSR count). The highest BCUT2D eigenvalue weighted by Gasteiger charge is 2.13. The third kappa shape index (κ3) is 3.72. The van der Waals surface area contributed by atoms with E-state index in [9.17, 15) is 0 Å². The molecule has 0 amide bonds. The van der Waals surface area contributed by atoms with Gasteiger partial charge in [-0.05, 0) is 36.5 Å². The normalized spacial score (nSPS) is 16.6. The van der Waals surface area contributed by atoms with Crippen molar-refractivity contribution in [2.45, 2.75) is 58.0 Å². The summed E-state index contributed by atoms with van der Waals surface area (Å²) >= 11 is 6.28. The minimum Gasteiger partial charge on any atom is -0.310 e. The van der Waals surface area contributed by atoms with Gasteiger partial charge in [-0.25, -0.2) is 0 Å². The van der Waals surface area contributed by atoms with Gasteiger partial charge in [0.15, 0.2) is 0 Å². The van der Waals surface area contributed by atoms with E-state index in [0.29, 0.717) is 0 Å². The van der Waals surface area contributed by atoms with Crippen molar-refractivity contribution < 1.29 is 0 Å². The molecule has 0 heterocycles. The van der Waals surface area contributed by atoms with Gasteiger partial charge in [0.25, 0.3) is 0 Å². The van der Waals surface area contributed by atoms with E-state index in [0.717, 1.165) is 30.5 Å². The van der Waals surface area contributed by atoms with Gasteiger partial charge in [0.05, 0.1) is 0 Å². The van der Waals surface area contributed by atoms with E-state index in [1.807, 2.05) is 0 Å². The third-order valence-electron chi connectivity index (χ3n) is 3.59. The summed E-state index contributed by atoms with van der Waals surface area (Å²) in [6, 6.07) is 7.23. The van der Waals surface area contributed by atoms with Crippen LogP contribution in [-0.4, -0.2) is 6.04 Å². The molecule has 1 fully saturated rings. The summed E-state index contributed by atoms with van der Waals surface area (Å²) in [5.41, 5.74) is 2.58. The second-order valence-electron chi connectivity index (χ2n) is 5.04. The lowest BCUT2D eigenvalue weighted by molar-refractivity contribution is 0.524. The number of halogens is 1. The third-order valence-corrected chi connectivity index (χ3v) is 3.94. The Morgan fingerprint density at radius 1 is 1.29 bits per heavy atom. The van der Waals surface area contributed by atoms with Crippen molar-refractivity contribution in [3.05, 3.63) is 34.3 Å². The van der Waals surface area contributed by atoms with E-state index in [4.69, 9.17) is 11.6 Å². The summed E-state index contributed by atoms with van der Waals surface area (Å²) in [6.07, 6.45) is 7.67. The fourth-order valence-electron chi connectivity index (χ4n) is 2.56. The van der Waals surface area contributed by atoms with Crippen LogP contribution in [0.2, 0.25) is 5.02 Å². The molecule has 0 unspecified atom stereocenters. The summed E-state index contributed by atoms with van der Waals surface area (Å²) in [6.45, 7) is 3.14. The predicted molar refractivity (Wildman–Crippen MR) is 74.5 cm³/mol. The Morgan fingerprint density at radius 3 is 2.71 bits per heavy atom. The first-order valence-corrected chi connectivity index (χ1v) is 7.18. The molecular formula is C15H22ClN. The SMILES string of the molecule is CCCc1ccc(CNC2CCCC2)cc1Cl. The van der Waals surface area contributed by atoms with E-state index >= 15 is 0 Å². The van der Waals surface area contributed by atoms with E-state index in [1.165, 1.54) is 36.8 Å². The standard InChI is InChI=1S/C15H22ClN/c1-2-5-13-9-8-12(10-15(13)16)11-17-14-6-3-4-7-14/h8-10,14,17H,2-7,11H2,1H3. The van der Waals surface area contributed by atoms with Gasteiger partial charge in [0, 0.05) is 17.6 Å². The van der Waals surface area contributed by atoms with Crippen LogP contribution < -0.4 is 5.32 Å². The molecule has 1 nitrogen and oxygen atoms in total. The Morgan fingerprint density at radius 2 is 2.06 bits per heavy atom. The van der Waals surface area contributed by atoms with Gasteiger partial charge in [0.1, 0.15) is 0 Å². The molecule has 0 atom stereocenters. The van der Waals surface area contributed by atoms with Crippen molar-refractivity contribution in [2.24, 2.45) is 0 Å². The predicted octanol–water partition coefficient (Wildman–Crippen LogP) is 4.32. The van der Waals surface area contributed by atoms with Crippen LogP contribution in [0.4, 0.5) is 0 Å². The maximum absolute atomic E-state index is 6.28. The van der Waals surface area contributed by atoms with Crippen LogP contribution in [0.15, 0.2) is 18.2 Å². The Hall–Kier alpha value is -0.530. The van der Waals surface area contributed by atoms with Crippen molar-refractivity contribution in [2.75, 3.05) is 0 Å². The molecule has 1 aromatic rings. The minimum absolute atomic E-state index is 0.726. The van der Waals surface area contributed by atoms with Crippen molar-refractivity contribution in [1.29, 1.82) is 0 Å². The average Bonchev–Trinajstić information content (AvgIpc) is 2.83. The van der Waals surface area contributed by atoms with Gasteiger partial charge in [-0.2, -0.15) is 0 Å². The molecule has 0 aliphatic heterocycles. The zero-order chi connectivity index (χ0) is 12.1. The first kappa shape index (κ1) is 12.9. The van der Waals surface area contributed by atoms with Gasteiger partial charge in [0.2, 0.25) is 0 Å². The van der Waals surface area contributed by atoms with E-state index in [-0.39, 0.29) is 0 Å². The topological polar surface area (TPSA) is 12.0 Å². The van der Waals surface area contributed by atoms with Crippen LogP contribution >= 0.6 is 11.6 Å². The van der Waals surface area contributed by atoms with Gasteiger partial charge in [-0.1, -0.05) is 49.9 Å². The Kier molecular flexibility index (Phi) is 4.87. The molecule has 2 heteroatoms. The Balaban J connectivity index is 1.90. The van der Waals surface area contributed by atoms with Gasteiger partial charge in [-0.3, -0.25) is 0 Å². The molecule has 1 N–H and O–H groups in total. The molecule has 0 spiro atoms. The molecular weight excluding hydrogens is 230 g/mol. The van der Waals surface area contributed by atoms with Crippen LogP contribution in [0.1, 0.15) is 50.2 Å².